The van der Waals surface area contributed by atoms with Crippen LogP contribution in [0.4, 0.5) is 0 Å². The van der Waals surface area contributed by atoms with Gasteiger partial charge in [-0.25, -0.2) is 4.98 Å². The highest BCUT2D eigenvalue weighted by atomic mass is 35.5. The van der Waals surface area contributed by atoms with Crippen molar-refractivity contribution in [2.45, 2.75) is 18.9 Å². The molecule has 1 aromatic carbocycles. The molecule has 3 nitrogen and oxygen atoms in total. The van der Waals surface area contributed by atoms with E-state index in [1.165, 1.54) is 5.56 Å². The van der Waals surface area contributed by atoms with Crippen LogP contribution < -0.4 is 5.32 Å². The molecule has 1 aliphatic rings. The van der Waals surface area contributed by atoms with E-state index in [1.807, 2.05) is 6.07 Å². The molecule has 0 bridgehead atoms. The predicted octanol–water partition coefficient (Wildman–Crippen LogP) is 2.56. The van der Waals surface area contributed by atoms with Gasteiger partial charge in [-0.05, 0) is 12.0 Å². The molecule has 0 radical (unpaired) electrons. The van der Waals surface area contributed by atoms with Gasteiger partial charge in [-0.1, -0.05) is 41.9 Å². The Morgan fingerprint density at radius 2 is 2.00 bits per heavy atom. The van der Waals surface area contributed by atoms with E-state index in [4.69, 9.17) is 11.6 Å². The minimum absolute atomic E-state index is 0.431. The highest BCUT2D eigenvalue weighted by molar-refractivity contribution is 6.29. The van der Waals surface area contributed by atoms with Gasteiger partial charge in [0.15, 0.2) is 0 Å². The zero-order valence-electron chi connectivity index (χ0n) is 9.94. The van der Waals surface area contributed by atoms with Crippen molar-refractivity contribution in [2.24, 2.45) is 0 Å². The zero-order chi connectivity index (χ0) is 12.4. The Balaban J connectivity index is 1.92. The van der Waals surface area contributed by atoms with E-state index < -0.39 is 0 Å². The molecule has 0 fully saturated rings. The van der Waals surface area contributed by atoms with Crippen molar-refractivity contribution in [2.75, 3.05) is 6.54 Å². The molecule has 1 N–H and O–H groups in total. The zero-order valence-corrected chi connectivity index (χ0v) is 10.7. The number of aromatic nitrogens is 2. The lowest BCUT2D eigenvalue weighted by Gasteiger charge is -2.14. The smallest absolute Gasteiger partial charge is 0.147 e. The van der Waals surface area contributed by atoms with Crippen molar-refractivity contribution in [3.8, 4) is 0 Å². The summed E-state index contributed by atoms with van der Waals surface area (Å²) in [7, 11) is 0. The second kappa shape index (κ2) is 5.04. The third kappa shape index (κ3) is 2.37. The molecule has 1 unspecified atom stereocenters. The first-order valence-corrected chi connectivity index (χ1v) is 6.46. The van der Waals surface area contributed by atoms with Crippen molar-refractivity contribution in [1.82, 2.24) is 15.3 Å². The van der Waals surface area contributed by atoms with Gasteiger partial charge in [0, 0.05) is 19.0 Å². The molecule has 0 aliphatic carbocycles. The summed E-state index contributed by atoms with van der Waals surface area (Å²) >= 11 is 5.93. The number of fused-ring (bicyclic) bond motifs is 1. The van der Waals surface area contributed by atoms with Crippen molar-refractivity contribution in [1.29, 1.82) is 0 Å². The standard InChI is InChI=1S/C14H14ClN3/c15-14-9-17-13-8-16-7-11(6-12(13)18-14)10-4-2-1-3-5-10/h1-5,9,11,16H,6-8H2. The van der Waals surface area contributed by atoms with Gasteiger partial charge in [-0.2, -0.15) is 0 Å². The van der Waals surface area contributed by atoms with Gasteiger partial charge in [0.05, 0.1) is 17.6 Å². The fourth-order valence-electron chi connectivity index (χ4n) is 2.37. The SMILES string of the molecule is Clc1cnc2c(n1)CC(c1ccccc1)CNC2. The van der Waals surface area contributed by atoms with Gasteiger partial charge >= 0.3 is 0 Å². The van der Waals surface area contributed by atoms with Gasteiger partial charge in [0.2, 0.25) is 0 Å². The summed E-state index contributed by atoms with van der Waals surface area (Å²) < 4.78 is 0. The Kier molecular flexibility index (Phi) is 3.26. The second-order valence-corrected chi connectivity index (χ2v) is 4.92. The molecule has 2 aromatic rings. The van der Waals surface area contributed by atoms with Crippen LogP contribution in [0.5, 0.6) is 0 Å². The molecule has 0 spiro atoms. The van der Waals surface area contributed by atoms with E-state index in [9.17, 15) is 0 Å². The number of halogens is 1. The third-order valence-corrected chi connectivity index (χ3v) is 3.48. The molecule has 1 aromatic heterocycles. The van der Waals surface area contributed by atoms with Gasteiger partial charge in [0.1, 0.15) is 5.15 Å². The van der Waals surface area contributed by atoms with Crippen molar-refractivity contribution in [3.63, 3.8) is 0 Å². The van der Waals surface area contributed by atoms with Crippen molar-refractivity contribution in [3.05, 3.63) is 58.6 Å². The number of nitrogens with zero attached hydrogens (tertiary/aromatic N) is 2. The minimum atomic E-state index is 0.431. The number of benzene rings is 1. The van der Waals surface area contributed by atoms with Crippen LogP contribution in [0.25, 0.3) is 0 Å². The third-order valence-electron chi connectivity index (χ3n) is 3.30. The molecule has 1 atom stereocenters. The summed E-state index contributed by atoms with van der Waals surface area (Å²) in [4.78, 5) is 8.76. The first kappa shape index (κ1) is 11.6. The summed E-state index contributed by atoms with van der Waals surface area (Å²) in [6.07, 6.45) is 2.50. The quantitative estimate of drug-likeness (QED) is 0.855. The molecule has 2 heterocycles. The van der Waals surface area contributed by atoms with Crippen LogP contribution >= 0.6 is 11.6 Å². The van der Waals surface area contributed by atoms with E-state index in [1.54, 1.807) is 6.20 Å². The first-order valence-electron chi connectivity index (χ1n) is 6.09. The minimum Gasteiger partial charge on any atom is -0.310 e. The van der Waals surface area contributed by atoms with E-state index >= 15 is 0 Å². The highest BCUT2D eigenvalue weighted by Crippen LogP contribution is 2.23. The first-order chi connectivity index (χ1) is 8.83. The normalized spacial score (nSPS) is 19.1. The van der Waals surface area contributed by atoms with Crippen LogP contribution in [0, 0.1) is 0 Å². The van der Waals surface area contributed by atoms with Gasteiger partial charge < -0.3 is 5.32 Å². The molecule has 92 valence electrons. The fourth-order valence-corrected chi connectivity index (χ4v) is 2.52. The summed E-state index contributed by atoms with van der Waals surface area (Å²) in [5.41, 5.74) is 3.36. The Labute approximate surface area is 111 Å². The van der Waals surface area contributed by atoms with Crippen LogP contribution in [-0.4, -0.2) is 16.5 Å². The molecule has 0 saturated heterocycles. The maximum absolute atomic E-state index is 5.93. The Bertz CT molecular complexity index is 542. The molecule has 1 aliphatic heterocycles. The number of nitrogens with one attached hydrogen (secondary N) is 1. The summed E-state index contributed by atoms with van der Waals surface area (Å²) in [5.74, 6) is 0.431. The van der Waals surface area contributed by atoms with Gasteiger partial charge in [0.25, 0.3) is 0 Å². The van der Waals surface area contributed by atoms with Crippen LogP contribution in [0.3, 0.4) is 0 Å². The molecule has 3 rings (SSSR count). The average Bonchev–Trinajstić information content (AvgIpc) is 2.61. The van der Waals surface area contributed by atoms with Crippen molar-refractivity contribution >= 4 is 11.6 Å². The monoisotopic (exact) mass is 259 g/mol. The second-order valence-electron chi connectivity index (χ2n) is 4.53. The van der Waals surface area contributed by atoms with E-state index in [0.29, 0.717) is 11.1 Å². The number of hydrogen-bond donors (Lipinski definition) is 1. The van der Waals surface area contributed by atoms with Crippen LogP contribution in [0.1, 0.15) is 22.9 Å². The topological polar surface area (TPSA) is 37.8 Å². The molecule has 0 amide bonds. The van der Waals surface area contributed by atoms with E-state index in [0.717, 1.165) is 30.9 Å². The lowest BCUT2D eigenvalue weighted by Crippen LogP contribution is -2.19. The Hall–Kier alpha value is -1.45. The molecular formula is C14H14ClN3. The predicted molar refractivity (Wildman–Crippen MR) is 71.6 cm³/mol. The Morgan fingerprint density at radius 3 is 2.83 bits per heavy atom. The Morgan fingerprint density at radius 1 is 1.17 bits per heavy atom. The fraction of sp³-hybridized carbons (Fsp3) is 0.286. The summed E-state index contributed by atoms with van der Waals surface area (Å²) in [6.45, 7) is 1.71. The van der Waals surface area contributed by atoms with Gasteiger partial charge in [-0.15, -0.1) is 0 Å². The lowest BCUT2D eigenvalue weighted by atomic mass is 9.94. The molecule has 18 heavy (non-hydrogen) atoms. The lowest BCUT2D eigenvalue weighted by molar-refractivity contribution is 0.603. The highest BCUT2D eigenvalue weighted by Gasteiger charge is 2.19. The number of hydrogen-bond acceptors (Lipinski definition) is 3. The summed E-state index contributed by atoms with van der Waals surface area (Å²) in [5, 5.41) is 3.90. The van der Waals surface area contributed by atoms with Crippen molar-refractivity contribution < 1.29 is 0 Å². The maximum atomic E-state index is 5.93. The molecule has 0 saturated carbocycles. The largest absolute Gasteiger partial charge is 0.310 e. The maximum Gasteiger partial charge on any atom is 0.147 e. The van der Waals surface area contributed by atoms with E-state index in [-0.39, 0.29) is 0 Å². The van der Waals surface area contributed by atoms with Gasteiger partial charge in [-0.3, -0.25) is 4.98 Å². The molecule has 4 heteroatoms. The van der Waals surface area contributed by atoms with Crippen LogP contribution in [0.2, 0.25) is 5.15 Å². The number of rotatable bonds is 1. The average molecular weight is 260 g/mol. The summed E-state index contributed by atoms with van der Waals surface area (Å²) in [6, 6.07) is 10.5. The van der Waals surface area contributed by atoms with Crippen LogP contribution in [0.15, 0.2) is 36.5 Å². The van der Waals surface area contributed by atoms with Crippen LogP contribution in [-0.2, 0) is 13.0 Å². The molecular weight excluding hydrogens is 246 g/mol. The van der Waals surface area contributed by atoms with E-state index in [2.05, 4.69) is 39.6 Å².